The first-order chi connectivity index (χ1) is 11.9. The maximum atomic E-state index is 3.65. The molecule has 0 bridgehead atoms. The van der Waals surface area contributed by atoms with Crippen molar-refractivity contribution in [2.75, 3.05) is 13.1 Å². The van der Waals surface area contributed by atoms with E-state index in [1.807, 2.05) is 0 Å². The highest BCUT2D eigenvalue weighted by Crippen LogP contribution is 2.28. The molecule has 1 aliphatic carbocycles. The third-order valence-electron chi connectivity index (χ3n) is 5.10. The Morgan fingerprint density at radius 1 is 0.654 bits per heavy atom. The molecule has 2 aromatic rings. The van der Waals surface area contributed by atoms with Crippen molar-refractivity contribution in [3.05, 3.63) is 71.8 Å². The fraction of sp³-hybridized carbons (Fsp3) is 0.455. The molecule has 3 rings (SSSR count). The van der Waals surface area contributed by atoms with Gasteiger partial charge in [-0.2, -0.15) is 0 Å². The van der Waals surface area contributed by atoms with Crippen LogP contribution in [0.25, 0.3) is 0 Å². The summed E-state index contributed by atoms with van der Waals surface area (Å²) in [5.74, 6) is 1.68. The molecule has 1 saturated carbocycles. The van der Waals surface area contributed by atoms with E-state index in [0.29, 0.717) is 0 Å². The molecule has 0 spiro atoms. The van der Waals surface area contributed by atoms with E-state index >= 15 is 0 Å². The molecule has 2 N–H and O–H groups in total. The normalized spacial score (nSPS) is 19.2. The van der Waals surface area contributed by atoms with Crippen LogP contribution in [0.5, 0.6) is 0 Å². The van der Waals surface area contributed by atoms with E-state index in [0.717, 1.165) is 38.0 Å². The van der Waals surface area contributed by atoms with Crippen LogP contribution in [0.15, 0.2) is 60.7 Å². The monoisotopic (exact) mass is 394 g/mol. The minimum Gasteiger partial charge on any atom is -0.312 e. The second kappa shape index (κ2) is 13.2. The minimum absolute atomic E-state index is 0. The Bertz CT molecular complexity index is 526. The molecule has 0 saturated heterocycles. The summed E-state index contributed by atoms with van der Waals surface area (Å²) in [4.78, 5) is 0. The molecule has 1 fully saturated rings. The van der Waals surface area contributed by atoms with Gasteiger partial charge >= 0.3 is 0 Å². The minimum atomic E-state index is 0. The van der Waals surface area contributed by atoms with E-state index in [-0.39, 0.29) is 24.8 Å². The Morgan fingerprint density at radius 2 is 1.08 bits per heavy atom. The van der Waals surface area contributed by atoms with Crippen LogP contribution in [0, 0.1) is 11.8 Å². The fourth-order valence-electron chi connectivity index (χ4n) is 3.81. The molecule has 0 aliphatic heterocycles. The first kappa shape index (κ1) is 23.0. The number of rotatable bonds is 8. The standard InChI is InChI=1S/C22H30N2.2ClH/c1-3-8-19(9-4-1)15-23-17-21-12-7-13-22(14-21)18-24-16-20-10-5-2-6-11-20;;/h1-6,8-11,21-24H,7,12-18H2;2*1H. The van der Waals surface area contributed by atoms with Crippen molar-refractivity contribution in [1.82, 2.24) is 10.6 Å². The van der Waals surface area contributed by atoms with Crippen molar-refractivity contribution in [2.45, 2.75) is 38.8 Å². The first-order valence-corrected chi connectivity index (χ1v) is 9.39. The highest BCUT2D eigenvalue weighted by molar-refractivity contribution is 5.85. The zero-order valence-electron chi connectivity index (χ0n) is 15.4. The van der Waals surface area contributed by atoms with Gasteiger partial charge in [-0.15, -0.1) is 24.8 Å². The van der Waals surface area contributed by atoms with Crippen molar-refractivity contribution in [2.24, 2.45) is 11.8 Å². The van der Waals surface area contributed by atoms with Gasteiger partial charge in [-0.05, 0) is 55.3 Å². The van der Waals surface area contributed by atoms with Gasteiger partial charge < -0.3 is 10.6 Å². The number of hydrogen-bond acceptors (Lipinski definition) is 2. The lowest BCUT2D eigenvalue weighted by atomic mass is 9.81. The molecule has 0 radical (unpaired) electrons. The topological polar surface area (TPSA) is 24.1 Å². The Kier molecular flexibility index (Phi) is 11.6. The zero-order valence-corrected chi connectivity index (χ0v) is 17.0. The number of hydrogen-bond donors (Lipinski definition) is 2. The smallest absolute Gasteiger partial charge is 0.0205 e. The van der Waals surface area contributed by atoms with E-state index in [1.165, 1.54) is 36.8 Å². The van der Waals surface area contributed by atoms with Gasteiger partial charge in [0.1, 0.15) is 0 Å². The SMILES string of the molecule is Cl.Cl.c1ccc(CNCC2CCCC(CNCc3ccccc3)C2)cc1. The summed E-state index contributed by atoms with van der Waals surface area (Å²) in [6.45, 7) is 4.30. The van der Waals surface area contributed by atoms with E-state index in [2.05, 4.69) is 71.3 Å². The lowest BCUT2D eigenvalue weighted by Gasteiger charge is -2.29. The predicted octanol–water partition coefficient (Wildman–Crippen LogP) is 5.22. The average molecular weight is 395 g/mol. The third-order valence-corrected chi connectivity index (χ3v) is 5.10. The number of halogens is 2. The van der Waals surface area contributed by atoms with Crippen LogP contribution >= 0.6 is 24.8 Å². The third kappa shape index (κ3) is 8.09. The Balaban J connectivity index is 0.00000169. The molecular formula is C22H32Cl2N2. The first-order valence-electron chi connectivity index (χ1n) is 9.39. The molecule has 1 aliphatic rings. The van der Waals surface area contributed by atoms with Gasteiger partial charge in [0.15, 0.2) is 0 Å². The molecule has 26 heavy (non-hydrogen) atoms. The van der Waals surface area contributed by atoms with Crippen molar-refractivity contribution in [3.8, 4) is 0 Å². The lowest BCUT2D eigenvalue weighted by molar-refractivity contribution is 0.252. The van der Waals surface area contributed by atoms with Gasteiger partial charge in [-0.25, -0.2) is 0 Å². The van der Waals surface area contributed by atoms with Crippen LogP contribution in [-0.4, -0.2) is 13.1 Å². The highest BCUT2D eigenvalue weighted by Gasteiger charge is 2.21. The van der Waals surface area contributed by atoms with E-state index < -0.39 is 0 Å². The molecule has 4 heteroatoms. The Hall–Kier alpha value is -1.06. The van der Waals surface area contributed by atoms with Gasteiger partial charge in [0.25, 0.3) is 0 Å². The van der Waals surface area contributed by atoms with Crippen LogP contribution < -0.4 is 10.6 Å². The van der Waals surface area contributed by atoms with E-state index in [4.69, 9.17) is 0 Å². The summed E-state index contributed by atoms with van der Waals surface area (Å²) in [5, 5.41) is 7.31. The van der Waals surface area contributed by atoms with Crippen LogP contribution in [0.4, 0.5) is 0 Å². The fourth-order valence-corrected chi connectivity index (χ4v) is 3.81. The molecule has 0 amide bonds. The zero-order chi connectivity index (χ0) is 16.5. The second-order valence-electron chi connectivity index (χ2n) is 7.13. The largest absolute Gasteiger partial charge is 0.312 e. The summed E-state index contributed by atoms with van der Waals surface area (Å²) in [5.41, 5.74) is 2.77. The van der Waals surface area contributed by atoms with Gasteiger partial charge in [-0.1, -0.05) is 67.1 Å². The second-order valence-corrected chi connectivity index (χ2v) is 7.13. The summed E-state index contributed by atoms with van der Waals surface area (Å²) in [7, 11) is 0. The van der Waals surface area contributed by atoms with Crippen molar-refractivity contribution in [1.29, 1.82) is 0 Å². The summed E-state index contributed by atoms with van der Waals surface area (Å²) in [6.07, 6.45) is 5.52. The van der Waals surface area contributed by atoms with Crippen LogP contribution in [-0.2, 0) is 13.1 Å². The Morgan fingerprint density at radius 3 is 1.50 bits per heavy atom. The predicted molar refractivity (Wildman–Crippen MR) is 116 cm³/mol. The molecule has 144 valence electrons. The lowest BCUT2D eigenvalue weighted by Crippen LogP contribution is -2.31. The van der Waals surface area contributed by atoms with Gasteiger partial charge in [-0.3, -0.25) is 0 Å². The molecular weight excluding hydrogens is 363 g/mol. The molecule has 2 nitrogen and oxygen atoms in total. The molecule has 2 aromatic carbocycles. The molecule has 2 unspecified atom stereocenters. The summed E-state index contributed by atoms with van der Waals surface area (Å²) >= 11 is 0. The van der Waals surface area contributed by atoms with Gasteiger partial charge in [0.2, 0.25) is 0 Å². The Labute approximate surface area is 171 Å². The maximum absolute atomic E-state index is 3.65. The molecule has 0 heterocycles. The summed E-state index contributed by atoms with van der Waals surface area (Å²) in [6, 6.07) is 21.4. The van der Waals surface area contributed by atoms with Gasteiger partial charge in [0, 0.05) is 13.1 Å². The van der Waals surface area contributed by atoms with Crippen LogP contribution in [0.1, 0.15) is 36.8 Å². The van der Waals surface area contributed by atoms with Crippen LogP contribution in [0.2, 0.25) is 0 Å². The number of nitrogens with one attached hydrogen (secondary N) is 2. The summed E-state index contributed by atoms with van der Waals surface area (Å²) < 4.78 is 0. The van der Waals surface area contributed by atoms with E-state index in [1.54, 1.807) is 0 Å². The van der Waals surface area contributed by atoms with Gasteiger partial charge in [0.05, 0.1) is 0 Å². The van der Waals surface area contributed by atoms with E-state index in [9.17, 15) is 0 Å². The molecule has 2 atom stereocenters. The van der Waals surface area contributed by atoms with Crippen molar-refractivity contribution >= 4 is 24.8 Å². The quantitative estimate of drug-likeness (QED) is 0.641. The molecule has 0 aromatic heterocycles. The number of benzene rings is 2. The van der Waals surface area contributed by atoms with Crippen LogP contribution in [0.3, 0.4) is 0 Å². The van der Waals surface area contributed by atoms with Crippen molar-refractivity contribution in [3.63, 3.8) is 0 Å². The highest BCUT2D eigenvalue weighted by atomic mass is 35.5. The van der Waals surface area contributed by atoms with Crippen molar-refractivity contribution < 1.29 is 0 Å². The average Bonchev–Trinajstić information content (AvgIpc) is 2.64. The maximum Gasteiger partial charge on any atom is 0.0205 e.